The quantitative estimate of drug-likeness (QED) is 0.796. The number of carbonyl (C=O) groups is 1. The topological polar surface area (TPSA) is 47.6 Å². The molecule has 1 amide bonds. The summed E-state index contributed by atoms with van der Waals surface area (Å²) in [6.07, 6.45) is 3.20. The fourth-order valence-electron chi connectivity index (χ4n) is 2.19. The zero-order chi connectivity index (χ0) is 17.5. The summed E-state index contributed by atoms with van der Waals surface area (Å²) in [5.41, 5.74) is 1.81. The van der Waals surface area contributed by atoms with Crippen molar-refractivity contribution in [2.24, 2.45) is 0 Å². The van der Waals surface area contributed by atoms with Gasteiger partial charge in [-0.1, -0.05) is 23.7 Å². The van der Waals surface area contributed by atoms with E-state index in [2.05, 4.69) is 5.32 Å². The van der Waals surface area contributed by atoms with Gasteiger partial charge in [0.1, 0.15) is 11.5 Å². The van der Waals surface area contributed by atoms with Gasteiger partial charge in [-0.15, -0.1) is 0 Å². The summed E-state index contributed by atoms with van der Waals surface area (Å²) >= 11 is 5.87. The fraction of sp³-hybridized carbons (Fsp3) is 0.211. The van der Waals surface area contributed by atoms with E-state index in [0.29, 0.717) is 16.5 Å². The van der Waals surface area contributed by atoms with E-state index in [1.807, 2.05) is 31.2 Å². The van der Waals surface area contributed by atoms with Crippen LogP contribution in [0.25, 0.3) is 6.08 Å². The van der Waals surface area contributed by atoms with Crippen molar-refractivity contribution in [2.75, 3.05) is 14.2 Å². The second-order valence-corrected chi connectivity index (χ2v) is 5.70. The van der Waals surface area contributed by atoms with Gasteiger partial charge in [0.2, 0.25) is 5.91 Å². The summed E-state index contributed by atoms with van der Waals surface area (Å²) in [6, 6.07) is 12.7. The largest absolute Gasteiger partial charge is 0.497 e. The van der Waals surface area contributed by atoms with Crippen LogP contribution < -0.4 is 14.8 Å². The smallest absolute Gasteiger partial charge is 0.244 e. The number of halogens is 1. The molecule has 24 heavy (non-hydrogen) atoms. The maximum Gasteiger partial charge on any atom is 0.244 e. The Morgan fingerprint density at radius 2 is 1.67 bits per heavy atom. The van der Waals surface area contributed by atoms with E-state index in [9.17, 15) is 4.79 Å². The van der Waals surface area contributed by atoms with E-state index in [4.69, 9.17) is 21.1 Å². The van der Waals surface area contributed by atoms with Crippen LogP contribution in [0.5, 0.6) is 11.5 Å². The number of benzene rings is 2. The Balaban J connectivity index is 2.03. The number of nitrogens with one attached hydrogen (secondary N) is 1. The number of rotatable bonds is 6. The molecular formula is C19H20ClNO3. The van der Waals surface area contributed by atoms with E-state index >= 15 is 0 Å². The second kappa shape index (κ2) is 8.41. The molecule has 126 valence electrons. The van der Waals surface area contributed by atoms with Crippen LogP contribution in [0.2, 0.25) is 5.02 Å². The molecule has 0 aliphatic rings. The molecule has 0 saturated carbocycles. The Bertz CT molecular complexity index is 704. The summed E-state index contributed by atoms with van der Waals surface area (Å²) in [4.78, 5) is 12.1. The second-order valence-electron chi connectivity index (χ2n) is 5.26. The molecule has 0 saturated heterocycles. The van der Waals surface area contributed by atoms with Crippen LogP contribution in [-0.2, 0) is 4.79 Å². The Hall–Kier alpha value is -2.46. The van der Waals surface area contributed by atoms with Gasteiger partial charge >= 0.3 is 0 Å². The molecule has 1 atom stereocenters. The lowest BCUT2D eigenvalue weighted by molar-refractivity contribution is -0.117. The van der Waals surface area contributed by atoms with Crippen molar-refractivity contribution in [1.29, 1.82) is 0 Å². The highest BCUT2D eigenvalue weighted by molar-refractivity contribution is 6.30. The Morgan fingerprint density at radius 3 is 2.21 bits per heavy atom. The Morgan fingerprint density at radius 1 is 1.08 bits per heavy atom. The maximum atomic E-state index is 12.1. The van der Waals surface area contributed by atoms with Gasteiger partial charge in [0.15, 0.2) is 0 Å². The molecule has 1 unspecified atom stereocenters. The number of hydrogen-bond acceptors (Lipinski definition) is 3. The lowest BCUT2D eigenvalue weighted by atomic mass is 10.1. The lowest BCUT2D eigenvalue weighted by Gasteiger charge is -2.13. The lowest BCUT2D eigenvalue weighted by Crippen LogP contribution is -2.24. The van der Waals surface area contributed by atoms with Crippen molar-refractivity contribution >= 4 is 23.6 Å². The average molecular weight is 346 g/mol. The first-order valence-electron chi connectivity index (χ1n) is 7.49. The molecule has 0 heterocycles. The summed E-state index contributed by atoms with van der Waals surface area (Å²) in [7, 11) is 3.17. The first-order chi connectivity index (χ1) is 11.5. The molecule has 2 rings (SSSR count). The van der Waals surface area contributed by atoms with Gasteiger partial charge in [-0.2, -0.15) is 0 Å². The standard InChI is InChI=1S/C19H20ClNO3/c1-13(15-5-7-16(20)8-6-15)21-19(22)9-4-14-10-17(23-2)12-18(11-14)24-3/h4-13H,1-3H3,(H,21,22)/b9-4+. The fourth-order valence-corrected chi connectivity index (χ4v) is 2.32. The van der Waals surface area contributed by atoms with Gasteiger partial charge < -0.3 is 14.8 Å². The van der Waals surface area contributed by atoms with E-state index in [-0.39, 0.29) is 11.9 Å². The van der Waals surface area contributed by atoms with Crippen LogP contribution >= 0.6 is 11.6 Å². The first kappa shape index (κ1) is 17.9. The summed E-state index contributed by atoms with van der Waals surface area (Å²) in [5.74, 6) is 1.16. The summed E-state index contributed by atoms with van der Waals surface area (Å²) in [5, 5.41) is 3.58. The molecule has 1 N–H and O–H groups in total. The first-order valence-corrected chi connectivity index (χ1v) is 7.86. The van der Waals surface area contributed by atoms with Crippen molar-refractivity contribution in [3.05, 3.63) is 64.7 Å². The molecule has 0 aliphatic carbocycles. The van der Waals surface area contributed by atoms with Crippen LogP contribution in [0.4, 0.5) is 0 Å². The molecule has 0 aliphatic heterocycles. The number of carbonyl (C=O) groups excluding carboxylic acids is 1. The minimum Gasteiger partial charge on any atom is -0.497 e. The molecule has 4 nitrogen and oxygen atoms in total. The van der Waals surface area contributed by atoms with Gasteiger partial charge in [0, 0.05) is 17.2 Å². The van der Waals surface area contributed by atoms with Crippen molar-refractivity contribution in [2.45, 2.75) is 13.0 Å². The molecule has 0 fully saturated rings. The predicted molar refractivity (Wildman–Crippen MR) is 96.6 cm³/mol. The monoisotopic (exact) mass is 345 g/mol. The Labute approximate surface area is 147 Å². The van der Waals surface area contributed by atoms with Crippen molar-refractivity contribution in [3.63, 3.8) is 0 Å². The summed E-state index contributed by atoms with van der Waals surface area (Å²) in [6.45, 7) is 1.92. The highest BCUT2D eigenvalue weighted by atomic mass is 35.5. The third-order valence-corrected chi connectivity index (χ3v) is 3.78. The van der Waals surface area contributed by atoms with Crippen LogP contribution in [0, 0.1) is 0 Å². The number of ether oxygens (including phenoxy) is 2. The van der Waals surface area contributed by atoms with Gasteiger partial charge in [-0.25, -0.2) is 0 Å². The zero-order valence-electron chi connectivity index (χ0n) is 13.9. The van der Waals surface area contributed by atoms with Crippen molar-refractivity contribution in [3.8, 4) is 11.5 Å². The molecule has 0 aromatic heterocycles. The van der Waals surface area contributed by atoms with Gasteiger partial charge in [-0.3, -0.25) is 4.79 Å². The normalized spacial score (nSPS) is 12.0. The van der Waals surface area contributed by atoms with E-state index in [0.717, 1.165) is 11.1 Å². The third-order valence-electron chi connectivity index (χ3n) is 3.53. The minimum atomic E-state index is -0.181. The highest BCUT2D eigenvalue weighted by Gasteiger charge is 2.07. The zero-order valence-corrected chi connectivity index (χ0v) is 14.6. The van der Waals surface area contributed by atoms with Gasteiger partial charge in [0.25, 0.3) is 0 Å². The van der Waals surface area contributed by atoms with Crippen molar-refractivity contribution < 1.29 is 14.3 Å². The molecule has 0 bridgehead atoms. The van der Waals surface area contributed by atoms with E-state index in [1.54, 1.807) is 38.5 Å². The van der Waals surface area contributed by atoms with Gasteiger partial charge in [-0.05, 0) is 48.4 Å². The number of hydrogen-bond donors (Lipinski definition) is 1. The van der Waals surface area contributed by atoms with Crippen LogP contribution in [0.1, 0.15) is 24.1 Å². The molecule has 5 heteroatoms. The van der Waals surface area contributed by atoms with Crippen LogP contribution in [0.15, 0.2) is 48.5 Å². The molecule has 2 aromatic carbocycles. The van der Waals surface area contributed by atoms with Crippen molar-refractivity contribution in [1.82, 2.24) is 5.32 Å². The Kier molecular flexibility index (Phi) is 6.27. The summed E-state index contributed by atoms with van der Waals surface area (Å²) < 4.78 is 10.4. The molecular weight excluding hydrogens is 326 g/mol. The average Bonchev–Trinajstić information content (AvgIpc) is 2.60. The molecule has 0 spiro atoms. The SMILES string of the molecule is COc1cc(/C=C/C(=O)NC(C)c2ccc(Cl)cc2)cc(OC)c1. The van der Waals surface area contributed by atoms with E-state index in [1.165, 1.54) is 6.08 Å². The number of amides is 1. The predicted octanol–water partition coefficient (Wildman–Crippen LogP) is 4.25. The highest BCUT2D eigenvalue weighted by Crippen LogP contribution is 2.23. The third kappa shape index (κ3) is 5.03. The number of methoxy groups -OCH3 is 2. The van der Waals surface area contributed by atoms with Gasteiger partial charge in [0.05, 0.1) is 20.3 Å². The maximum absolute atomic E-state index is 12.1. The van der Waals surface area contributed by atoms with Crippen LogP contribution in [0.3, 0.4) is 0 Å². The van der Waals surface area contributed by atoms with Crippen LogP contribution in [-0.4, -0.2) is 20.1 Å². The molecule has 2 aromatic rings. The minimum absolute atomic E-state index is 0.112. The van der Waals surface area contributed by atoms with E-state index < -0.39 is 0 Å². The molecule has 0 radical (unpaired) electrons.